The van der Waals surface area contributed by atoms with Crippen LogP contribution < -0.4 is 5.32 Å². The minimum Gasteiger partial charge on any atom is -0.385 e. The molecule has 4 heteroatoms. The second-order valence-corrected chi connectivity index (χ2v) is 5.53. The van der Waals surface area contributed by atoms with Gasteiger partial charge < -0.3 is 9.88 Å². The molecule has 2 heterocycles. The summed E-state index contributed by atoms with van der Waals surface area (Å²) in [7, 11) is 0. The highest BCUT2D eigenvalue weighted by Gasteiger charge is 2.29. The maximum absolute atomic E-state index is 4.44. The molecular weight excluding hydrogens is 236 g/mol. The summed E-state index contributed by atoms with van der Waals surface area (Å²) in [5, 5.41) is 12.2. The summed E-state index contributed by atoms with van der Waals surface area (Å²) < 4.78 is 2.32. The van der Waals surface area contributed by atoms with Crippen molar-refractivity contribution in [2.24, 2.45) is 0 Å². The Labute approximate surface area is 112 Å². The fourth-order valence-corrected chi connectivity index (χ4v) is 3.04. The van der Waals surface area contributed by atoms with Gasteiger partial charge in [0.1, 0.15) is 5.82 Å². The average molecular weight is 254 g/mol. The van der Waals surface area contributed by atoms with Crippen LogP contribution in [0.5, 0.6) is 0 Å². The summed E-state index contributed by atoms with van der Waals surface area (Å²) in [6.45, 7) is 3.13. The number of hydrogen-bond acceptors (Lipinski definition) is 3. The van der Waals surface area contributed by atoms with Crippen LogP contribution in [0.25, 0.3) is 11.4 Å². The number of anilines is 1. The van der Waals surface area contributed by atoms with Crippen molar-refractivity contribution in [3.05, 3.63) is 29.6 Å². The molecule has 0 unspecified atom stereocenters. The van der Waals surface area contributed by atoms with Gasteiger partial charge in [-0.3, -0.25) is 0 Å². The number of hydrogen-bond donors (Lipinski definition) is 1. The Hall–Kier alpha value is -1.84. The fraction of sp³-hybridized carbons (Fsp3) is 0.467. The van der Waals surface area contributed by atoms with Crippen molar-refractivity contribution < 1.29 is 0 Å². The van der Waals surface area contributed by atoms with Crippen molar-refractivity contribution in [1.29, 1.82) is 0 Å². The molecule has 19 heavy (non-hydrogen) atoms. The summed E-state index contributed by atoms with van der Waals surface area (Å²) in [4.78, 5) is 0. The van der Waals surface area contributed by atoms with Crippen molar-refractivity contribution in [3.8, 4) is 11.4 Å². The van der Waals surface area contributed by atoms with Gasteiger partial charge in [-0.25, -0.2) is 0 Å². The van der Waals surface area contributed by atoms with Crippen LogP contribution in [-0.2, 0) is 6.42 Å². The van der Waals surface area contributed by atoms with Crippen molar-refractivity contribution in [2.75, 3.05) is 11.9 Å². The first kappa shape index (κ1) is 11.0. The van der Waals surface area contributed by atoms with E-state index in [1.165, 1.54) is 36.1 Å². The average Bonchev–Trinajstić information content (AvgIpc) is 3.21. The molecule has 0 radical (unpaired) electrons. The van der Waals surface area contributed by atoms with E-state index in [9.17, 15) is 0 Å². The Kier molecular flexibility index (Phi) is 2.37. The van der Waals surface area contributed by atoms with E-state index >= 15 is 0 Å². The molecule has 0 bridgehead atoms. The van der Waals surface area contributed by atoms with Crippen LogP contribution in [0.4, 0.5) is 5.69 Å². The molecule has 1 aliphatic heterocycles. The minimum absolute atomic E-state index is 0.623. The van der Waals surface area contributed by atoms with Crippen molar-refractivity contribution in [2.45, 2.75) is 38.6 Å². The quantitative estimate of drug-likeness (QED) is 0.896. The Morgan fingerprint density at radius 3 is 3.00 bits per heavy atom. The second kappa shape index (κ2) is 4.08. The van der Waals surface area contributed by atoms with E-state index in [4.69, 9.17) is 0 Å². The van der Waals surface area contributed by atoms with Gasteiger partial charge in [-0.15, -0.1) is 10.2 Å². The van der Waals surface area contributed by atoms with Crippen LogP contribution in [0.1, 0.15) is 36.7 Å². The van der Waals surface area contributed by atoms with E-state index in [1.807, 2.05) is 0 Å². The van der Waals surface area contributed by atoms with Crippen LogP contribution in [0.2, 0.25) is 0 Å². The molecular formula is C15H18N4. The smallest absolute Gasteiger partial charge is 0.164 e. The highest BCUT2D eigenvalue weighted by molar-refractivity contribution is 5.71. The fourth-order valence-electron chi connectivity index (χ4n) is 3.04. The molecule has 4 rings (SSSR count). The minimum atomic E-state index is 0.623. The lowest BCUT2D eigenvalue weighted by Gasteiger charge is -2.21. The molecule has 0 amide bonds. The summed E-state index contributed by atoms with van der Waals surface area (Å²) in [6.07, 6.45) is 4.86. The number of nitrogens with one attached hydrogen (secondary N) is 1. The molecule has 98 valence electrons. The number of rotatable bonds is 2. The van der Waals surface area contributed by atoms with E-state index in [1.54, 1.807) is 0 Å². The molecule has 0 saturated heterocycles. The molecule has 2 aliphatic rings. The predicted molar refractivity (Wildman–Crippen MR) is 75.3 cm³/mol. The highest BCUT2D eigenvalue weighted by Crippen LogP contribution is 2.40. The van der Waals surface area contributed by atoms with Crippen LogP contribution in [-0.4, -0.2) is 21.3 Å². The number of benzene rings is 1. The Morgan fingerprint density at radius 2 is 2.16 bits per heavy atom. The molecule has 1 aromatic carbocycles. The van der Waals surface area contributed by atoms with Gasteiger partial charge in [0.2, 0.25) is 0 Å². The molecule has 1 N–H and O–H groups in total. The van der Waals surface area contributed by atoms with Gasteiger partial charge in [0.15, 0.2) is 5.82 Å². The SMILES string of the molecule is Cc1nnc(-c2cccc3c2CCCN3)n1C1CC1. The van der Waals surface area contributed by atoms with Crippen LogP contribution in [0.15, 0.2) is 18.2 Å². The molecule has 1 fully saturated rings. The second-order valence-electron chi connectivity index (χ2n) is 5.53. The number of aryl methyl sites for hydroxylation is 1. The third-order valence-electron chi connectivity index (χ3n) is 4.11. The van der Waals surface area contributed by atoms with Crippen LogP contribution in [0, 0.1) is 6.92 Å². The van der Waals surface area contributed by atoms with Gasteiger partial charge >= 0.3 is 0 Å². The lowest BCUT2D eigenvalue weighted by molar-refractivity contribution is 0.715. The Balaban J connectivity index is 1.88. The highest BCUT2D eigenvalue weighted by atomic mass is 15.3. The molecule has 2 aromatic rings. The van der Waals surface area contributed by atoms with Gasteiger partial charge in [0.25, 0.3) is 0 Å². The van der Waals surface area contributed by atoms with Gasteiger partial charge in [-0.1, -0.05) is 12.1 Å². The molecule has 1 aromatic heterocycles. The first-order valence-electron chi connectivity index (χ1n) is 7.12. The third kappa shape index (κ3) is 1.74. The molecule has 0 atom stereocenters. The topological polar surface area (TPSA) is 42.7 Å². The zero-order chi connectivity index (χ0) is 12.8. The summed E-state index contributed by atoms with van der Waals surface area (Å²) >= 11 is 0. The van der Waals surface area contributed by atoms with Gasteiger partial charge in [-0.05, 0) is 44.2 Å². The summed E-state index contributed by atoms with van der Waals surface area (Å²) in [5.74, 6) is 2.10. The van der Waals surface area contributed by atoms with E-state index in [-0.39, 0.29) is 0 Å². The lowest BCUT2D eigenvalue weighted by Crippen LogP contribution is -2.13. The van der Waals surface area contributed by atoms with Gasteiger partial charge in [-0.2, -0.15) is 0 Å². The van der Waals surface area contributed by atoms with E-state index in [2.05, 4.69) is 45.2 Å². The monoisotopic (exact) mass is 254 g/mol. The summed E-state index contributed by atoms with van der Waals surface area (Å²) in [6, 6.07) is 7.10. The number of nitrogens with zero attached hydrogens (tertiary/aromatic N) is 3. The summed E-state index contributed by atoms with van der Waals surface area (Å²) in [5.41, 5.74) is 3.94. The van der Waals surface area contributed by atoms with Crippen molar-refractivity contribution in [1.82, 2.24) is 14.8 Å². The lowest BCUT2D eigenvalue weighted by atomic mass is 9.97. The molecule has 4 nitrogen and oxygen atoms in total. The van der Waals surface area contributed by atoms with E-state index < -0.39 is 0 Å². The normalized spacial score (nSPS) is 17.9. The zero-order valence-corrected chi connectivity index (χ0v) is 11.2. The Morgan fingerprint density at radius 1 is 1.26 bits per heavy atom. The largest absolute Gasteiger partial charge is 0.385 e. The van der Waals surface area contributed by atoms with E-state index in [0.29, 0.717) is 6.04 Å². The van der Waals surface area contributed by atoms with Crippen molar-refractivity contribution in [3.63, 3.8) is 0 Å². The molecule has 1 aliphatic carbocycles. The zero-order valence-electron chi connectivity index (χ0n) is 11.2. The Bertz CT molecular complexity index is 625. The van der Waals surface area contributed by atoms with Gasteiger partial charge in [0.05, 0.1) is 0 Å². The van der Waals surface area contributed by atoms with Crippen LogP contribution in [0.3, 0.4) is 0 Å². The van der Waals surface area contributed by atoms with E-state index in [0.717, 1.165) is 24.6 Å². The maximum atomic E-state index is 4.44. The van der Waals surface area contributed by atoms with Gasteiger partial charge in [0, 0.05) is 23.8 Å². The first-order valence-corrected chi connectivity index (χ1v) is 7.12. The number of fused-ring (bicyclic) bond motifs is 1. The predicted octanol–water partition coefficient (Wildman–Crippen LogP) is 2.95. The van der Waals surface area contributed by atoms with Crippen LogP contribution >= 0.6 is 0 Å². The molecule has 0 spiro atoms. The van der Waals surface area contributed by atoms with Crippen molar-refractivity contribution >= 4 is 5.69 Å². The third-order valence-corrected chi connectivity index (χ3v) is 4.11. The maximum Gasteiger partial charge on any atom is 0.164 e. The number of aromatic nitrogens is 3. The molecule has 1 saturated carbocycles. The first-order chi connectivity index (χ1) is 9.34. The standard InChI is InChI=1S/C15H18N4/c1-10-17-18-15(19(10)11-7-8-11)13-4-2-6-14-12(13)5-3-9-16-14/h2,4,6,11,16H,3,5,7-9H2,1H3.